The molecule has 4 rings (SSSR count). The zero-order valence-corrected chi connectivity index (χ0v) is 16.4. The number of fused-ring (bicyclic) bond motifs is 2. The molecule has 0 bridgehead atoms. The van der Waals surface area contributed by atoms with Crippen LogP contribution in [0, 0.1) is 11.3 Å². The summed E-state index contributed by atoms with van der Waals surface area (Å²) >= 11 is 1.64. The Morgan fingerprint density at radius 3 is 2.92 bits per heavy atom. The van der Waals surface area contributed by atoms with E-state index < -0.39 is 0 Å². The molecule has 1 aliphatic carbocycles. The van der Waals surface area contributed by atoms with Crippen LogP contribution in [0.4, 0.5) is 0 Å². The molecule has 1 unspecified atom stereocenters. The number of hydrogen-bond donors (Lipinski definition) is 1. The molecule has 0 aromatic carbocycles. The molecule has 26 heavy (non-hydrogen) atoms. The van der Waals surface area contributed by atoms with Crippen LogP contribution in [-0.4, -0.2) is 27.3 Å². The van der Waals surface area contributed by atoms with Crippen LogP contribution < -0.4 is 5.56 Å². The second kappa shape index (κ2) is 6.34. The minimum Gasteiger partial charge on any atom is -0.333 e. The fraction of sp³-hybridized carbons (Fsp3) is 0.550. The summed E-state index contributed by atoms with van der Waals surface area (Å²) in [6, 6.07) is 2.10. The molecule has 3 heterocycles. The number of H-pyrrole nitrogens is 1. The van der Waals surface area contributed by atoms with Gasteiger partial charge in [-0.25, -0.2) is 4.98 Å². The summed E-state index contributed by atoms with van der Waals surface area (Å²) in [6.45, 7) is 7.88. The van der Waals surface area contributed by atoms with E-state index >= 15 is 0 Å². The van der Waals surface area contributed by atoms with Crippen LogP contribution in [0.1, 0.15) is 58.6 Å². The van der Waals surface area contributed by atoms with Gasteiger partial charge in [-0.3, -0.25) is 9.59 Å². The van der Waals surface area contributed by atoms with Crippen LogP contribution in [0.15, 0.2) is 17.2 Å². The number of carbonyl (C=O) groups excluding carboxylic acids is 1. The molecular weight excluding hydrogens is 346 g/mol. The highest BCUT2D eigenvalue weighted by Crippen LogP contribution is 2.40. The van der Waals surface area contributed by atoms with Gasteiger partial charge in [0.1, 0.15) is 0 Å². The first kappa shape index (κ1) is 17.5. The average Bonchev–Trinajstić information content (AvgIpc) is 3.03. The number of aromatic nitrogens is 2. The lowest BCUT2D eigenvalue weighted by molar-refractivity contribution is 0.0737. The molecule has 0 fully saturated rings. The maximum Gasteiger partial charge on any atom is 0.264 e. The summed E-state index contributed by atoms with van der Waals surface area (Å²) in [4.78, 5) is 35.9. The lowest BCUT2D eigenvalue weighted by Crippen LogP contribution is -2.39. The predicted octanol–water partition coefficient (Wildman–Crippen LogP) is 3.18. The standard InChI is InChI=1S/C20H25N3O2S/c1-20(2,3)13-4-5-16-12(8-13)9-17(26-16)19(25)23-7-6-15-14(10-23)18(24)22-11-21-15/h9,11,13H,4-8,10H2,1-3H3,(H,21,22,24). The van der Waals surface area contributed by atoms with E-state index in [9.17, 15) is 9.59 Å². The first-order valence-corrected chi connectivity index (χ1v) is 10.1. The van der Waals surface area contributed by atoms with Crippen LogP contribution in [0.3, 0.4) is 0 Å². The van der Waals surface area contributed by atoms with Crippen LogP contribution in [0.25, 0.3) is 0 Å². The lowest BCUT2D eigenvalue weighted by atomic mass is 9.72. The summed E-state index contributed by atoms with van der Waals surface area (Å²) in [5.41, 5.74) is 2.96. The third-order valence-electron chi connectivity index (χ3n) is 5.81. The molecule has 2 aliphatic rings. The third-order valence-corrected chi connectivity index (χ3v) is 7.04. The van der Waals surface area contributed by atoms with E-state index in [-0.39, 0.29) is 11.5 Å². The molecule has 5 nitrogen and oxygen atoms in total. The Labute approximate surface area is 157 Å². The number of aromatic amines is 1. The van der Waals surface area contributed by atoms with Gasteiger partial charge in [-0.1, -0.05) is 20.8 Å². The fourth-order valence-corrected chi connectivity index (χ4v) is 5.23. The van der Waals surface area contributed by atoms with E-state index in [1.807, 2.05) is 0 Å². The molecule has 138 valence electrons. The van der Waals surface area contributed by atoms with E-state index in [1.165, 1.54) is 23.2 Å². The van der Waals surface area contributed by atoms with Gasteiger partial charge in [0, 0.05) is 17.8 Å². The highest BCUT2D eigenvalue weighted by Gasteiger charge is 2.32. The van der Waals surface area contributed by atoms with Gasteiger partial charge in [0.25, 0.3) is 11.5 Å². The Hall–Kier alpha value is -1.95. The maximum absolute atomic E-state index is 13.0. The summed E-state index contributed by atoms with van der Waals surface area (Å²) in [5, 5.41) is 0. The van der Waals surface area contributed by atoms with Crippen molar-refractivity contribution in [2.45, 2.75) is 53.0 Å². The minimum atomic E-state index is -0.133. The monoisotopic (exact) mass is 371 g/mol. The van der Waals surface area contributed by atoms with Gasteiger partial charge < -0.3 is 9.88 Å². The smallest absolute Gasteiger partial charge is 0.264 e. The van der Waals surface area contributed by atoms with Gasteiger partial charge in [0.15, 0.2) is 0 Å². The van der Waals surface area contributed by atoms with Gasteiger partial charge in [0.2, 0.25) is 0 Å². The molecule has 1 amide bonds. The zero-order chi connectivity index (χ0) is 18.5. The lowest BCUT2D eigenvalue weighted by Gasteiger charge is -2.33. The number of aryl methyl sites for hydroxylation is 1. The van der Waals surface area contributed by atoms with Crippen molar-refractivity contribution in [2.75, 3.05) is 6.54 Å². The zero-order valence-electron chi connectivity index (χ0n) is 15.6. The summed E-state index contributed by atoms with van der Waals surface area (Å²) < 4.78 is 0. The number of amides is 1. The summed E-state index contributed by atoms with van der Waals surface area (Å²) in [5.74, 6) is 0.713. The van der Waals surface area contributed by atoms with Crippen LogP contribution in [-0.2, 0) is 25.8 Å². The van der Waals surface area contributed by atoms with Crippen LogP contribution in [0.2, 0.25) is 0 Å². The highest BCUT2D eigenvalue weighted by molar-refractivity contribution is 7.14. The Balaban J connectivity index is 1.55. The number of hydrogen-bond acceptors (Lipinski definition) is 4. The van der Waals surface area contributed by atoms with Gasteiger partial charge in [-0.15, -0.1) is 11.3 Å². The predicted molar refractivity (Wildman–Crippen MR) is 103 cm³/mol. The van der Waals surface area contributed by atoms with Crippen molar-refractivity contribution in [1.29, 1.82) is 0 Å². The summed E-state index contributed by atoms with van der Waals surface area (Å²) in [6.07, 6.45) is 5.42. The Morgan fingerprint density at radius 2 is 2.15 bits per heavy atom. The Morgan fingerprint density at radius 1 is 1.35 bits per heavy atom. The molecule has 1 N–H and O–H groups in total. The van der Waals surface area contributed by atoms with E-state index in [1.54, 1.807) is 16.2 Å². The molecule has 1 atom stereocenters. The van der Waals surface area contributed by atoms with E-state index in [2.05, 4.69) is 36.8 Å². The van der Waals surface area contributed by atoms with Crippen molar-refractivity contribution >= 4 is 17.2 Å². The second-order valence-corrected chi connectivity index (χ2v) is 9.64. The molecule has 0 radical (unpaired) electrons. The third kappa shape index (κ3) is 3.11. The van der Waals surface area contributed by atoms with Crippen molar-refractivity contribution in [3.63, 3.8) is 0 Å². The molecular formula is C20H25N3O2S. The number of rotatable bonds is 1. The molecule has 2 aromatic rings. The molecule has 1 aliphatic heterocycles. The topological polar surface area (TPSA) is 66.1 Å². The number of thiophene rings is 1. The molecule has 0 spiro atoms. The first-order chi connectivity index (χ1) is 12.3. The van der Waals surface area contributed by atoms with Crippen LogP contribution >= 0.6 is 11.3 Å². The van der Waals surface area contributed by atoms with E-state index in [0.717, 1.165) is 23.4 Å². The van der Waals surface area contributed by atoms with Crippen molar-refractivity contribution in [1.82, 2.24) is 14.9 Å². The maximum atomic E-state index is 13.0. The Kier molecular flexibility index (Phi) is 4.26. The number of nitrogens with zero attached hydrogens (tertiary/aromatic N) is 2. The normalized spacial score (nSPS) is 19.8. The number of nitrogens with one attached hydrogen (secondary N) is 1. The first-order valence-electron chi connectivity index (χ1n) is 9.29. The molecule has 0 saturated heterocycles. The fourth-order valence-electron chi connectivity index (χ4n) is 4.05. The quantitative estimate of drug-likeness (QED) is 0.837. The van der Waals surface area contributed by atoms with Crippen LogP contribution in [0.5, 0.6) is 0 Å². The van der Waals surface area contributed by atoms with Gasteiger partial charge in [0.05, 0.1) is 29.0 Å². The van der Waals surface area contributed by atoms with Gasteiger partial charge >= 0.3 is 0 Å². The highest BCUT2D eigenvalue weighted by atomic mass is 32.1. The second-order valence-electron chi connectivity index (χ2n) is 8.50. The van der Waals surface area contributed by atoms with Crippen molar-refractivity contribution in [3.8, 4) is 0 Å². The minimum absolute atomic E-state index is 0.0469. The SMILES string of the molecule is CC(C)(C)C1CCc2sc(C(=O)N3CCc4nc[nH]c(=O)c4C3)cc2C1. The van der Waals surface area contributed by atoms with Crippen molar-refractivity contribution in [3.05, 3.63) is 49.3 Å². The molecule has 0 saturated carbocycles. The van der Waals surface area contributed by atoms with Crippen molar-refractivity contribution in [2.24, 2.45) is 11.3 Å². The summed E-state index contributed by atoms with van der Waals surface area (Å²) in [7, 11) is 0. The average molecular weight is 372 g/mol. The number of carbonyl (C=O) groups is 1. The van der Waals surface area contributed by atoms with E-state index in [4.69, 9.17) is 0 Å². The van der Waals surface area contributed by atoms with Crippen molar-refractivity contribution < 1.29 is 4.79 Å². The Bertz CT molecular complexity index is 907. The molecule has 6 heteroatoms. The molecule has 2 aromatic heterocycles. The van der Waals surface area contributed by atoms with Gasteiger partial charge in [-0.2, -0.15) is 0 Å². The van der Waals surface area contributed by atoms with E-state index in [0.29, 0.717) is 36.4 Å². The van der Waals surface area contributed by atoms with Gasteiger partial charge in [-0.05, 0) is 42.2 Å². The largest absolute Gasteiger partial charge is 0.333 e.